The largest absolute Gasteiger partial charge is 0.332 e. The number of aromatic nitrogens is 2. The fraction of sp³-hybridized carbons (Fsp3) is 0.333. The SMILES string of the molecule is C[C@H](NC(=O)N[C@H](C)c1cnn(C)c1)c1cccc([N+](=O)[O-])c1. The average molecular weight is 317 g/mol. The summed E-state index contributed by atoms with van der Waals surface area (Å²) in [5.41, 5.74) is 1.56. The number of rotatable bonds is 5. The Morgan fingerprint density at radius 3 is 2.48 bits per heavy atom. The molecule has 8 heteroatoms. The second-order valence-electron chi connectivity index (χ2n) is 5.36. The van der Waals surface area contributed by atoms with E-state index in [9.17, 15) is 14.9 Å². The summed E-state index contributed by atoms with van der Waals surface area (Å²) in [6.45, 7) is 3.63. The van der Waals surface area contributed by atoms with Crippen LogP contribution >= 0.6 is 0 Å². The Morgan fingerprint density at radius 2 is 1.91 bits per heavy atom. The fourth-order valence-corrected chi connectivity index (χ4v) is 2.17. The molecule has 0 bridgehead atoms. The van der Waals surface area contributed by atoms with E-state index < -0.39 is 4.92 Å². The monoisotopic (exact) mass is 317 g/mol. The molecule has 0 unspecified atom stereocenters. The number of benzene rings is 1. The van der Waals surface area contributed by atoms with Gasteiger partial charge in [-0.15, -0.1) is 0 Å². The zero-order valence-corrected chi connectivity index (χ0v) is 13.2. The standard InChI is InChI=1S/C15H19N5O3/c1-10(12-5-4-6-14(7-12)20(22)23)17-15(21)18-11(2)13-8-16-19(3)9-13/h4-11H,1-3H3,(H2,17,18,21)/t10-,11+/m0/s1. The van der Waals surface area contributed by atoms with Crippen LogP contribution in [0.4, 0.5) is 10.5 Å². The van der Waals surface area contributed by atoms with Gasteiger partial charge in [0.2, 0.25) is 0 Å². The third-order valence-corrected chi connectivity index (χ3v) is 3.50. The van der Waals surface area contributed by atoms with Gasteiger partial charge in [0.1, 0.15) is 0 Å². The number of nitrogens with one attached hydrogen (secondary N) is 2. The Balaban J connectivity index is 1.96. The number of nitro benzene ring substituents is 1. The number of carbonyl (C=O) groups is 1. The van der Waals surface area contributed by atoms with E-state index in [1.807, 2.05) is 13.1 Å². The minimum atomic E-state index is -0.458. The molecule has 0 spiro atoms. The zero-order valence-electron chi connectivity index (χ0n) is 13.2. The normalized spacial score (nSPS) is 13.2. The van der Waals surface area contributed by atoms with Crippen molar-refractivity contribution in [1.29, 1.82) is 0 Å². The van der Waals surface area contributed by atoms with Gasteiger partial charge in [-0.25, -0.2) is 4.79 Å². The molecule has 2 aromatic rings. The molecule has 2 amide bonds. The van der Waals surface area contributed by atoms with Gasteiger partial charge in [0.05, 0.1) is 23.2 Å². The van der Waals surface area contributed by atoms with Crippen molar-refractivity contribution >= 4 is 11.7 Å². The van der Waals surface area contributed by atoms with Crippen molar-refractivity contribution < 1.29 is 9.72 Å². The molecule has 23 heavy (non-hydrogen) atoms. The lowest BCUT2D eigenvalue weighted by molar-refractivity contribution is -0.384. The van der Waals surface area contributed by atoms with Gasteiger partial charge < -0.3 is 10.6 Å². The van der Waals surface area contributed by atoms with Crippen LogP contribution in [0.25, 0.3) is 0 Å². The Bertz CT molecular complexity index is 713. The molecule has 1 aromatic carbocycles. The molecule has 0 saturated carbocycles. The van der Waals surface area contributed by atoms with Crippen molar-refractivity contribution in [2.45, 2.75) is 25.9 Å². The first-order chi connectivity index (χ1) is 10.9. The minimum Gasteiger partial charge on any atom is -0.332 e. The first-order valence-electron chi connectivity index (χ1n) is 7.16. The smallest absolute Gasteiger partial charge is 0.315 e. The number of hydrogen-bond donors (Lipinski definition) is 2. The lowest BCUT2D eigenvalue weighted by atomic mass is 10.1. The van der Waals surface area contributed by atoms with Crippen LogP contribution in [0.1, 0.15) is 37.1 Å². The highest BCUT2D eigenvalue weighted by Gasteiger charge is 2.15. The number of aryl methyl sites for hydroxylation is 1. The van der Waals surface area contributed by atoms with Crippen LogP contribution in [0.3, 0.4) is 0 Å². The Morgan fingerprint density at radius 1 is 1.26 bits per heavy atom. The predicted octanol–water partition coefficient (Wildman–Crippen LogP) is 2.45. The molecule has 0 aliphatic rings. The lowest BCUT2D eigenvalue weighted by Crippen LogP contribution is -2.38. The minimum absolute atomic E-state index is 0.000265. The van der Waals surface area contributed by atoms with E-state index in [0.717, 1.165) is 5.56 Å². The van der Waals surface area contributed by atoms with Crippen molar-refractivity contribution in [3.63, 3.8) is 0 Å². The summed E-state index contributed by atoms with van der Waals surface area (Å²) in [4.78, 5) is 22.4. The molecule has 8 nitrogen and oxygen atoms in total. The number of carbonyl (C=O) groups excluding carboxylic acids is 1. The molecule has 122 valence electrons. The van der Waals surface area contributed by atoms with Gasteiger partial charge in [-0.2, -0.15) is 5.10 Å². The quantitative estimate of drug-likeness (QED) is 0.653. The summed E-state index contributed by atoms with van der Waals surface area (Å²) in [6.07, 6.45) is 3.52. The van der Waals surface area contributed by atoms with Crippen LogP contribution < -0.4 is 10.6 Å². The fourth-order valence-electron chi connectivity index (χ4n) is 2.17. The summed E-state index contributed by atoms with van der Waals surface area (Å²) in [5.74, 6) is 0. The second-order valence-corrected chi connectivity index (χ2v) is 5.36. The number of nitrogens with zero attached hydrogens (tertiary/aromatic N) is 3. The molecule has 2 N–H and O–H groups in total. The molecule has 0 aliphatic heterocycles. The number of amides is 2. The summed E-state index contributed by atoms with van der Waals surface area (Å²) in [7, 11) is 1.81. The van der Waals surface area contributed by atoms with Crippen LogP contribution in [0.15, 0.2) is 36.7 Å². The first kappa shape index (κ1) is 16.5. The van der Waals surface area contributed by atoms with E-state index >= 15 is 0 Å². The molecule has 2 rings (SSSR count). The Labute approximate surface area is 133 Å². The van der Waals surface area contributed by atoms with Gasteiger partial charge in [-0.05, 0) is 19.4 Å². The van der Waals surface area contributed by atoms with Crippen LogP contribution in [0.2, 0.25) is 0 Å². The lowest BCUT2D eigenvalue weighted by Gasteiger charge is -2.17. The first-order valence-corrected chi connectivity index (χ1v) is 7.16. The molecule has 1 heterocycles. The second kappa shape index (κ2) is 6.91. The maximum Gasteiger partial charge on any atom is 0.315 e. The number of non-ortho nitro benzene ring substituents is 1. The third-order valence-electron chi connectivity index (χ3n) is 3.50. The molecule has 1 aromatic heterocycles. The van der Waals surface area contributed by atoms with Crippen molar-refractivity contribution in [3.05, 3.63) is 57.9 Å². The molecule has 0 saturated heterocycles. The van der Waals surface area contributed by atoms with Gasteiger partial charge in [-0.1, -0.05) is 12.1 Å². The molecule has 0 aliphatic carbocycles. The summed E-state index contributed by atoms with van der Waals surface area (Å²) in [5, 5.41) is 20.4. The molecule has 0 fully saturated rings. The molecule has 2 atom stereocenters. The van der Waals surface area contributed by atoms with Gasteiger partial charge in [0, 0.05) is 30.9 Å². The van der Waals surface area contributed by atoms with E-state index in [1.165, 1.54) is 12.1 Å². The van der Waals surface area contributed by atoms with Gasteiger partial charge in [0.25, 0.3) is 5.69 Å². The summed E-state index contributed by atoms with van der Waals surface area (Å²) in [6, 6.07) is 5.32. The van der Waals surface area contributed by atoms with E-state index in [2.05, 4.69) is 15.7 Å². The van der Waals surface area contributed by atoms with Crippen LogP contribution in [0, 0.1) is 10.1 Å². The molecular weight excluding hydrogens is 298 g/mol. The topological polar surface area (TPSA) is 102 Å². The van der Waals surface area contributed by atoms with Crippen molar-refractivity contribution in [2.24, 2.45) is 7.05 Å². The maximum atomic E-state index is 12.1. The van der Waals surface area contributed by atoms with Crippen LogP contribution in [-0.4, -0.2) is 20.7 Å². The summed E-state index contributed by atoms with van der Waals surface area (Å²) >= 11 is 0. The predicted molar refractivity (Wildman–Crippen MR) is 84.8 cm³/mol. The highest BCUT2D eigenvalue weighted by Crippen LogP contribution is 2.19. The maximum absolute atomic E-state index is 12.1. The Hall–Kier alpha value is -2.90. The highest BCUT2D eigenvalue weighted by molar-refractivity contribution is 5.75. The Kier molecular flexibility index (Phi) is 4.95. The third kappa shape index (κ3) is 4.29. The number of urea groups is 1. The van der Waals surface area contributed by atoms with E-state index in [4.69, 9.17) is 0 Å². The molecular formula is C15H19N5O3. The van der Waals surface area contributed by atoms with Crippen LogP contribution in [0.5, 0.6) is 0 Å². The van der Waals surface area contributed by atoms with Crippen molar-refractivity contribution in [3.8, 4) is 0 Å². The number of nitro groups is 1. The summed E-state index contributed by atoms with van der Waals surface area (Å²) < 4.78 is 1.66. The van der Waals surface area contributed by atoms with E-state index in [-0.39, 0.29) is 23.8 Å². The molecule has 0 radical (unpaired) electrons. The van der Waals surface area contributed by atoms with Gasteiger partial charge >= 0.3 is 6.03 Å². The van der Waals surface area contributed by atoms with E-state index in [1.54, 1.807) is 37.0 Å². The average Bonchev–Trinajstić information content (AvgIpc) is 2.94. The van der Waals surface area contributed by atoms with Crippen LogP contribution in [-0.2, 0) is 7.05 Å². The van der Waals surface area contributed by atoms with Gasteiger partial charge in [0.15, 0.2) is 0 Å². The number of hydrogen-bond acceptors (Lipinski definition) is 4. The highest BCUT2D eigenvalue weighted by atomic mass is 16.6. The van der Waals surface area contributed by atoms with Crippen molar-refractivity contribution in [1.82, 2.24) is 20.4 Å². The van der Waals surface area contributed by atoms with Gasteiger partial charge in [-0.3, -0.25) is 14.8 Å². The van der Waals surface area contributed by atoms with E-state index in [0.29, 0.717) is 5.56 Å². The zero-order chi connectivity index (χ0) is 17.0. The van der Waals surface area contributed by atoms with Crippen molar-refractivity contribution in [2.75, 3.05) is 0 Å².